The Kier molecular flexibility index (Phi) is 4.55. The molecule has 5 heteroatoms. The molecular weight excluding hydrogens is 244 g/mol. The van der Waals surface area contributed by atoms with Gasteiger partial charge in [0.2, 0.25) is 0 Å². The lowest BCUT2D eigenvalue weighted by molar-refractivity contribution is 1.12. The van der Waals surface area contributed by atoms with Crippen LogP contribution in [0.3, 0.4) is 0 Å². The zero-order chi connectivity index (χ0) is 11.6. The van der Waals surface area contributed by atoms with Crippen LogP contribution in [0.4, 0.5) is 11.4 Å². The number of thioether (sulfide) groups is 3. The molecule has 0 atom stereocenters. The van der Waals surface area contributed by atoms with E-state index in [0.29, 0.717) is 0 Å². The van der Waals surface area contributed by atoms with Crippen molar-refractivity contribution in [3.05, 3.63) is 5.56 Å². The molecule has 0 aliphatic heterocycles. The van der Waals surface area contributed by atoms with Crippen molar-refractivity contribution in [2.24, 2.45) is 0 Å². The molecule has 0 radical (unpaired) electrons. The Bertz CT molecular complexity index is 346. The van der Waals surface area contributed by atoms with Crippen molar-refractivity contribution in [1.82, 2.24) is 0 Å². The van der Waals surface area contributed by atoms with Gasteiger partial charge in [-0.1, -0.05) is 0 Å². The standard InChI is InChI=1S/C10H16N2S3/c1-5-6(11)8(13-2)10(15-4)9(14-3)7(5)12/h11-12H2,1-4H3. The molecule has 0 unspecified atom stereocenters. The van der Waals surface area contributed by atoms with Crippen LogP contribution in [0.5, 0.6) is 0 Å². The number of nitrogen functional groups attached to an aromatic ring is 2. The Morgan fingerprint density at radius 3 is 1.33 bits per heavy atom. The number of nitrogens with two attached hydrogens (primary N) is 2. The van der Waals surface area contributed by atoms with E-state index in [1.165, 1.54) is 4.90 Å². The van der Waals surface area contributed by atoms with Crippen LogP contribution in [0.1, 0.15) is 5.56 Å². The highest BCUT2D eigenvalue weighted by Crippen LogP contribution is 2.45. The SMILES string of the molecule is CSc1c(N)c(C)c(N)c(SC)c1SC. The van der Waals surface area contributed by atoms with Crippen molar-refractivity contribution >= 4 is 46.7 Å². The van der Waals surface area contributed by atoms with Gasteiger partial charge in [-0.2, -0.15) is 0 Å². The molecule has 0 bridgehead atoms. The van der Waals surface area contributed by atoms with E-state index >= 15 is 0 Å². The van der Waals surface area contributed by atoms with Gasteiger partial charge in [-0.05, 0) is 31.3 Å². The molecule has 1 aromatic rings. The summed E-state index contributed by atoms with van der Waals surface area (Å²) < 4.78 is 0. The van der Waals surface area contributed by atoms with Crippen molar-refractivity contribution < 1.29 is 0 Å². The van der Waals surface area contributed by atoms with Gasteiger partial charge >= 0.3 is 0 Å². The van der Waals surface area contributed by atoms with Crippen LogP contribution in [-0.4, -0.2) is 18.8 Å². The normalized spacial score (nSPS) is 10.7. The summed E-state index contributed by atoms with van der Waals surface area (Å²) in [6.07, 6.45) is 6.15. The quantitative estimate of drug-likeness (QED) is 0.645. The van der Waals surface area contributed by atoms with E-state index < -0.39 is 0 Å². The highest BCUT2D eigenvalue weighted by Gasteiger charge is 2.17. The molecule has 0 amide bonds. The number of benzene rings is 1. The van der Waals surface area contributed by atoms with Crippen molar-refractivity contribution in [2.75, 3.05) is 30.2 Å². The lowest BCUT2D eigenvalue weighted by atomic mass is 10.1. The molecular formula is C10H16N2S3. The molecule has 0 saturated carbocycles. The lowest BCUT2D eigenvalue weighted by Gasteiger charge is -2.18. The first-order valence-corrected chi connectivity index (χ1v) is 8.09. The van der Waals surface area contributed by atoms with Gasteiger partial charge < -0.3 is 11.5 Å². The number of hydrogen-bond donors (Lipinski definition) is 2. The minimum Gasteiger partial charge on any atom is -0.398 e. The van der Waals surface area contributed by atoms with Crippen LogP contribution in [0.2, 0.25) is 0 Å². The third-order valence-corrected chi connectivity index (χ3v) is 5.06. The number of rotatable bonds is 3. The van der Waals surface area contributed by atoms with Crippen LogP contribution in [0.25, 0.3) is 0 Å². The maximum Gasteiger partial charge on any atom is 0.0514 e. The summed E-state index contributed by atoms with van der Waals surface area (Å²) in [6, 6.07) is 0. The van der Waals surface area contributed by atoms with E-state index in [9.17, 15) is 0 Å². The second kappa shape index (κ2) is 5.27. The molecule has 2 nitrogen and oxygen atoms in total. The largest absolute Gasteiger partial charge is 0.398 e. The van der Waals surface area contributed by atoms with Crippen molar-refractivity contribution in [3.63, 3.8) is 0 Å². The smallest absolute Gasteiger partial charge is 0.0514 e. The Morgan fingerprint density at radius 2 is 1.07 bits per heavy atom. The maximum absolute atomic E-state index is 6.07. The average molecular weight is 260 g/mol. The maximum atomic E-state index is 6.07. The first-order chi connectivity index (χ1) is 7.08. The molecule has 0 aromatic heterocycles. The van der Waals surface area contributed by atoms with Gasteiger partial charge in [0, 0.05) is 14.7 Å². The van der Waals surface area contributed by atoms with Crippen LogP contribution in [0, 0.1) is 6.92 Å². The predicted octanol–water partition coefficient (Wildman–Crippen LogP) is 3.33. The molecule has 0 spiro atoms. The van der Waals surface area contributed by atoms with Gasteiger partial charge in [-0.25, -0.2) is 0 Å². The fourth-order valence-corrected chi connectivity index (χ4v) is 4.40. The minimum atomic E-state index is 0.821. The zero-order valence-corrected chi connectivity index (χ0v) is 11.8. The Morgan fingerprint density at radius 1 is 0.733 bits per heavy atom. The predicted molar refractivity (Wildman–Crippen MR) is 75.3 cm³/mol. The summed E-state index contributed by atoms with van der Waals surface area (Å²) >= 11 is 5.08. The summed E-state index contributed by atoms with van der Waals surface area (Å²) in [4.78, 5) is 3.51. The van der Waals surface area contributed by atoms with E-state index in [1.807, 2.05) is 19.4 Å². The van der Waals surface area contributed by atoms with Gasteiger partial charge in [0.25, 0.3) is 0 Å². The van der Waals surface area contributed by atoms with Crippen molar-refractivity contribution in [3.8, 4) is 0 Å². The van der Waals surface area contributed by atoms with Crippen LogP contribution < -0.4 is 11.5 Å². The highest BCUT2D eigenvalue weighted by atomic mass is 32.2. The minimum absolute atomic E-state index is 0.821. The molecule has 0 aliphatic rings. The fourth-order valence-electron chi connectivity index (χ4n) is 1.42. The van der Waals surface area contributed by atoms with Gasteiger partial charge in [0.1, 0.15) is 0 Å². The fraction of sp³-hybridized carbons (Fsp3) is 0.400. The van der Waals surface area contributed by atoms with Gasteiger partial charge in [0.05, 0.1) is 11.4 Å². The molecule has 84 valence electrons. The number of anilines is 2. The van der Waals surface area contributed by atoms with Gasteiger partial charge in [0.15, 0.2) is 0 Å². The van der Waals surface area contributed by atoms with E-state index in [2.05, 4.69) is 6.26 Å². The molecule has 4 N–H and O–H groups in total. The molecule has 1 rings (SSSR count). The van der Waals surface area contributed by atoms with Gasteiger partial charge in [-0.15, -0.1) is 35.3 Å². The first-order valence-electron chi connectivity index (χ1n) is 4.41. The third-order valence-electron chi connectivity index (χ3n) is 2.32. The Labute approximate surface area is 104 Å². The van der Waals surface area contributed by atoms with E-state index in [1.54, 1.807) is 35.3 Å². The Hall–Kier alpha value is -0.130. The summed E-state index contributed by atoms with van der Waals surface area (Å²) in [5.74, 6) is 0. The van der Waals surface area contributed by atoms with Crippen LogP contribution >= 0.6 is 35.3 Å². The summed E-state index contributed by atoms with van der Waals surface area (Å²) in [5, 5.41) is 0. The zero-order valence-electron chi connectivity index (χ0n) is 9.38. The highest BCUT2D eigenvalue weighted by molar-refractivity contribution is 8.03. The van der Waals surface area contributed by atoms with E-state index in [4.69, 9.17) is 11.5 Å². The second-order valence-electron chi connectivity index (χ2n) is 3.05. The second-order valence-corrected chi connectivity index (χ2v) is 5.50. The molecule has 15 heavy (non-hydrogen) atoms. The van der Waals surface area contributed by atoms with Crippen LogP contribution in [0.15, 0.2) is 14.7 Å². The molecule has 0 saturated heterocycles. The summed E-state index contributed by atoms with van der Waals surface area (Å²) in [5.41, 5.74) is 14.8. The average Bonchev–Trinajstić information content (AvgIpc) is 2.25. The van der Waals surface area contributed by atoms with Crippen LogP contribution in [-0.2, 0) is 0 Å². The third kappa shape index (κ3) is 2.19. The van der Waals surface area contributed by atoms with Crippen molar-refractivity contribution in [2.45, 2.75) is 21.6 Å². The summed E-state index contributed by atoms with van der Waals surface area (Å²) in [6.45, 7) is 1.98. The molecule has 0 aliphatic carbocycles. The van der Waals surface area contributed by atoms with E-state index in [-0.39, 0.29) is 0 Å². The Balaban J connectivity index is 3.59. The number of hydrogen-bond acceptors (Lipinski definition) is 5. The van der Waals surface area contributed by atoms with E-state index in [0.717, 1.165) is 26.7 Å². The van der Waals surface area contributed by atoms with Crippen molar-refractivity contribution in [1.29, 1.82) is 0 Å². The molecule has 0 heterocycles. The monoisotopic (exact) mass is 260 g/mol. The van der Waals surface area contributed by atoms with Gasteiger partial charge in [-0.3, -0.25) is 0 Å². The molecule has 0 fully saturated rings. The summed E-state index contributed by atoms with van der Waals surface area (Å²) in [7, 11) is 0. The lowest BCUT2D eigenvalue weighted by Crippen LogP contribution is -2.02. The topological polar surface area (TPSA) is 52.0 Å². The first kappa shape index (κ1) is 12.9. The molecule has 1 aromatic carbocycles.